The molecule has 2 aromatic heterocycles. The molecular weight excluding hydrogens is 394 g/mol. The van der Waals surface area contributed by atoms with Crippen LogP contribution in [0.25, 0.3) is 22.2 Å². The van der Waals surface area contributed by atoms with Gasteiger partial charge in [-0.2, -0.15) is 13.9 Å². The van der Waals surface area contributed by atoms with Crippen molar-refractivity contribution in [1.29, 1.82) is 0 Å². The van der Waals surface area contributed by atoms with E-state index in [9.17, 15) is 13.6 Å². The molecule has 2 heterocycles. The standard InChI is InChI=1S/C18H17ClF2N4O3/c1-27-13(7-22-10-26)9-25-16-4-12(6-23-15(16)8-24-25)11-2-3-14(19)17(5-11)28-18(20)21/h2-6,8,10,13,18H,7,9H2,1H3,(H,22,26). The second-order valence-electron chi connectivity index (χ2n) is 5.86. The maximum absolute atomic E-state index is 12.6. The number of pyridine rings is 1. The zero-order valence-corrected chi connectivity index (χ0v) is 15.6. The molecular formula is C18H17ClF2N4O3. The van der Waals surface area contributed by atoms with Gasteiger partial charge in [0.05, 0.1) is 29.4 Å². The van der Waals surface area contributed by atoms with Crippen molar-refractivity contribution in [3.8, 4) is 16.9 Å². The van der Waals surface area contributed by atoms with Crippen LogP contribution in [0.5, 0.6) is 5.75 Å². The number of methoxy groups -OCH3 is 1. The quantitative estimate of drug-likeness (QED) is 0.548. The van der Waals surface area contributed by atoms with Crippen LogP contribution in [-0.4, -0.2) is 47.5 Å². The van der Waals surface area contributed by atoms with E-state index in [1.54, 1.807) is 30.3 Å². The summed E-state index contributed by atoms with van der Waals surface area (Å²) in [4.78, 5) is 14.9. The van der Waals surface area contributed by atoms with Crippen LogP contribution in [0.15, 0.2) is 36.7 Å². The Hall–Kier alpha value is -2.78. The molecule has 0 aliphatic carbocycles. The Kier molecular flexibility index (Phi) is 6.37. The third kappa shape index (κ3) is 4.55. The van der Waals surface area contributed by atoms with E-state index in [0.29, 0.717) is 36.1 Å². The molecule has 0 aliphatic rings. The van der Waals surface area contributed by atoms with Crippen LogP contribution in [0.2, 0.25) is 5.02 Å². The Morgan fingerprint density at radius 2 is 2.11 bits per heavy atom. The van der Waals surface area contributed by atoms with Gasteiger partial charge in [0, 0.05) is 25.4 Å². The average molecular weight is 411 g/mol. The van der Waals surface area contributed by atoms with Crippen molar-refractivity contribution >= 4 is 29.0 Å². The monoisotopic (exact) mass is 410 g/mol. The summed E-state index contributed by atoms with van der Waals surface area (Å²) in [5.41, 5.74) is 2.70. The van der Waals surface area contributed by atoms with Crippen LogP contribution in [0.3, 0.4) is 0 Å². The summed E-state index contributed by atoms with van der Waals surface area (Å²) in [5, 5.41) is 6.98. The van der Waals surface area contributed by atoms with Crippen LogP contribution >= 0.6 is 11.6 Å². The number of benzene rings is 1. The molecule has 0 bridgehead atoms. The number of carbonyl (C=O) groups is 1. The van der Waals surface area contributed by atoms with Gasteiger partial charge in [0.2, 0.25) is 6.41 Å². The first-order valence-electron chi connectivity index (χ1n) is 8.28. The molecule has 28 heavy (non-hydrogen) atoms. The fourth-order valence-corrected chi connectivity index (χ4v) is 2.89. The van der Waals surface area contributed by atoms with Crippen LogP contribution in [0, 0.1) is 0 Å². The molecule has 148 valence electrons. The van der Waals surface area contributed by atoms with E-state index in [0.717, 1.165) is 5.52 Å². The van der Waals surface area contributed by atoms with Crippen LogP contribution < -0.4 is 10.1 Å². The predicted octanol–water partition coefficient (Wildman–Crippen LogP) is 3.11. The molecule has 1 amide bonds. The Labute approximate surface area is 164 Å². The van der Waals surface area contributed by atoms with Gasteiger partial charge in [0.25, 0.3) is 0 Å². The second-order valence-corrected chi connectivity index (χ2v) is 6.27. The first kappa shape index (κ1) is 20.0. The van der Waals surface area contributed by atoms with Gasteiger partial charge in [-0.3, -0.25) is 14.5 Å². The minimum Gasteiger partial charge on any atom is -0.433 e. The third-order valence-electron chi connectivity index (χ3n) is 4.11. The number of hydrogen-bond donors (Lipinski definition) is 1. The Bertz CT molecular complexity index is 967. The molecule has 0 spiro atoms. The van der Waals surface area contributed by atoms with Gasteiger partial charge in [-0.05, 0) is 23.8 Å². The highest BCUT2D eigenvalue weighted by Crippen LogP contribution is 2.32. The maximum Gasteiger partial charge on any atom is 0.387 e. The lowest BCUT2D eigenvalue weighted by molar-refractivity contribution is -0.110. The van der Waals surface area contributed by atoms with Gasteiger partial charge < -0.3 is 14.8 Å². The lowest BCUT2D eigenvalue weighted by Crippen LogP contribution is -2.31. The zero-order chi connectivity index (χ0) is 20.1. The number of hydrogen-bond acceptors (Lipinski definition) is 5. The Balaban J connectivity index is 1.92. The topological polar surface area (TPSA) is 78.3 Å². The first-order valence-corrected chi connectivity index (χ1v) is 8.65. The van der Waals surface area contributed by atoms with E-state index in [2.05, 4.69) is 20.1 Å². The fraction of sp³-hybridized carbons (Fsp3) is 0.278. The van der Waals surface area contributed by atoms with Crippen molar-refractivity contribution in [1.82, 2.24) is 20.1 Å². The SMILES string of the molecule is COC(CNC=O)Cn1ncc2ncc(-c3ccc(Cl)c(OC(F)F)c3)cc21. The van der Waals surface area contributed by atoms with Crippen LogP contribution in [0.1, 0.15) is 0 Å². The van der Waals surface area contributed by atoms with Gasteiger partial charge in [0.15, 0.2) is 0 Å². The van der Waals surface area contributed by atoms with E-state index in [-0.39, 0.29) is 16.9 Å². The van der Waals surface area contributed by atoms with Crippen molar-refractivity contribution in [3.05, 3.63) is 41.7 Å². The molecule has 1 aromatic carbocycles. The first-order chi connectivity index (χ1) is 13.5. The molecule has 0 fully saturated rings. The van der Waals surface area contributed by atoms with Crippen molar-refractivity contribution in [2.24, 2.45) is 0 Å². The molecule has 7 nitrogen and oxygen atoms in total. The molecule has 0 saturated heterocycles. The normalized spacial score (nSPS) is 12.3. The van der Waals surface area contributed by atoms with Gasteiger partial charge in [0.1, 0.15) is 11.3 Å². The molecule has 0 saturated carbocycles. The Morgan fingerprint density at radius 1 is 1.29 bits per heavy atom. The van der Waals surface area contributed by atoms with Crippen molar-refractivity contribution in [2.45, 2.75) is 19.3 Å². The molecule has 1 unspecified atom stereocenters. The lowest BCUT2D eigenvalue weighted by atomic mass is 10.1. The molecule has 0 aliphatic heterocycles. The van der Waals surface area contributed by atoms with E-state index in [1.807, 2.05) is 6.07 Å². The van der Waals surface area contributed by atoms with Crippen molar-refractivity contribution < 1.29 is 23.0 Å². The molecule has 0 radical (unpaired) electrons. The number of amides is 1. The van der Waals surface area contributed by atoms with Gasteiger partial charge >= 0.3 is 6.61 Å². The van der Waals surface area contributed by atoms with E-state index < -0.39 is 6.61 Å². The van der Waals surface area contributed by atoms with E-state index in [4.69, 9.17) is 16.3 Å². The summed E-state index contributed by atoms with van der Waals surface area (Å²) in [6, 6.07) is 6.45. The van der Waals surface area contributed by atoms with Crippen molar-refractivity contribution in [2.75, 3.05) is 13.7 Å². The Morgan fingerprint density at radius 3 is 2.82 bits per heavy atom. The summed E-state index contributed by atoms with van der Waals surface area (Å²) in [6.45, 7) is -2.24. The lowest BCUT2D eigenvalue weighted by Gasteiger charge is -2.15. The molecule has 1 atom stereocenters. The summed E-state index contributed by atoms with van der Waals surface area (Å²) in [7, 11) is 1.55. The highest BCUT2D eigenvalue weighted by molar-refractivity contribution is 6.32. The summed E-state index contributed by atoms with van der Waals surface area (Å²) >= 11 is 5.91. The van der Waals surface area contributed by atoms with Gasteiger partial charge in [-0.15, -0.1) is 0 Å². The molecule has 10 heteroatoms. The largest absolute Gasteiger partial charge is 0.433 e. The number of carbonyl (C=O) groups excluding carboxylic acids is 1. The van der Waals surface area contributed by atoms with Crippen LogP contribution in [0.4, 0.5) is 8.78 Å². The van der Waals surface area contributed by atoms with Crippen molar-refractivity contribution in [3.63, 3.8) is 0 Å². The van der Waals surface area contributed by atoms with Gasteiger partial charge in [-0.1, -0.05) is 17.7 Å². The average Bonchev–Trinajstić information content (AvgIpc) is 3.08. The van der Waals surface area contributed by atoms with E-state index in [1.165, 1.54) is 12.1 Å². The number of halogens is 3. The summed E-state index contributed by atoms with van der Waals surface area (Å²) < 4.78 is 36.6. The predicted molar refractivity (Wildman–Crippen MR) is 99.5 cm³/mol. The minimum atomic E-state index is -2.97. The highest BCUT2D eigenvalue weighted by Gasteiger charge is 2.14. The number of fused-ring (bicyclic) bond motifs is 1. The minimum absolute atomic E-state index is 0.0914. The number of alkyl halides is 2. The number of nitrogens with one attached hydrogen (secondary N) is 1. The number of aromatic nitrogens is 3. The summed E-state index contributed by atoms with van der Waals surface area (Å²) in [5.74, 6) is -0.109. The number of nitrogens with zero attached hydrogens (tertiary/aromatic N) is 3. The highest BCUT2D eigenvalue weighted by atomic mass is 35.5. The van der Waals surface area contributed by atoms with E-state index >= 15 is 0 Å². The molecule has 1 N–H and O–H groups in total. The summed E-state index contributed by atoms with van der Waals surface area (Å²) in [6.07, 6.45) is 3.56. The molecule has 3 aromatic rings. The van der Waals surface area contributed by atoms with Gasteiger partial charge in [-0.25, -0.2) is 0 Å². The third-order valence-corrected chi connectivity index (χ3v) is 4.43. The fourth-order valence-electron chi connectivity index (χ4n) is 2.72. The number of rotatable bonds is 9. The zero-order valence-electron chi connectivity index (χ0n) is 14.8. The number of ether oxygens (including phenoxy) is 2. The van der Waals surface area contributed by atoms with Crippen LogP contribution in [-0.2, 0) is 16.1 Å². The second kappa shape index (κ2) is 8.94. The smallest absolute Gasteiger partial charge is 0.387 e. The molecule has 3 rings (SSSR count). The maximum atomic E-state index is 12.6.